The maximum absolute atomic E-state index is 12.9. The van der Waals surface area contributed by atoms with Gasteiger partial charge in [-0.25, -0.2) is 0 Å². The Morgan fingerprint density at radius 1 is 0.968 bits per heavy atom. The van der Waals surface area contributed by atoms with Crippen LogP contribution < -0.4 is 15.4 Å². The van der Waals surface area contributed by atoms with Crippen molar-refractivity contribution in [1.82, 2.24) is 4.98 Å². The van der Waals surface area contributed by atoms with E-state index in [0.29, 0.717) is 17.1 Å². The van der Waals surface area contributed by atoms with Gasteiger partial charge in [-0.3, -0.25) is 14.6 Å². The van der Waals surface area contributed by atoms with Gasteiger partial charge in [-0.1, -0.05) is 42.5 Å². The number of benzene rings is 3. The molecule has 6 heteroatoms. The molecule has 1 aromatic heterocycles. The van der Waals surface area contributed by atoms with Crippen LogP contribution in [0.4, 0.5) is 11.4 Å². The van der Waals surface area contributed by atoms with E-state index in [1.54, 1.807) is 42.6 Å². The number of hydrogen-bond acceptors (Lipinski definition) is 4. The fourth-order valence-corrected chi connectivity index (χ4v) is 3.65. The number of ether oxygens (including phenoxy) is 1. The maximum Gasteiger partial charge on any atom is 0.278 e. The molecule has 0 spiro atoms. The number of aromatic nitrogens is 1. The fourth-order valence-electron chi connectivity index (χ4n) is 3.65. The van der Waals surface area contributed by atoms with Gasteiger partial charge >= 0.3 is 0 Å². The largest absolute Gasteiger partial charge is 0.466 e. The topological polar surface area (TPSA) is 80.3 Å². The number of carbonyl (C=O) groups is 2. The van der Waals surface area contributed by atoms with Crippen molar-refractivity contribution < 1.29 is 14.3 Å². The van der Waals surface area contributed by atoms with Crippen LogP contribution in [0.2, 0.25) is 0 Å². The highest BCUT2D eigenvalue weighted by atomic mass is 16.5. The summed E-state index contributed by atoms with van der Waals surface area (Å²) < 4.78 is 5.78. The molecule has 3 aromatic carbocycles. The number of anilines is 2. The summed E-state index contributed by atoms with van der Waals surface area (Å²) in [6, 6.07) is 24.4. The molecule has 1 aliphatic rings. The lowest BCUT2D eigenvalue weighted by atomic mass is 10.00. The SMILES string of the molecule is CC1(C(=O)Nc2ccc(-c3ccnc4ccccc34)cc2)Oc2ccccc2NC1=O. The Balaban J connectivity index is 1.39. The lowest BCUT2D eigenvalue weighted by molar-refractivity contribution is -0.143. The summed E-state index contributed by atoms with van der Waals surface area (Å²) in [4.78, 5) is 29.9. The van der Waals surface area contributed by atoms with Crippen LogP contribution >= 0.6 is 0 Å². The molecule has 0 radical (unpaired) electrons. The first-order valence-corrected chi connectivity index (χ1v) is 9.90. The van der Waals surface area contributed by atoms with Gasteiger partial charge in [0, 0.05) is 17.3 Å². The van der Waals surface area contributed by atoms with Gasteiger partial charge in [0.05, 0.1) is 11.2 Å². The Labute approximate surface area is 178 Å². The van der Waals surface area contributed by atoms with E-state index < -0.39 is 17.4 Å². The monoisotopic (exact) mass is 409 g/mol. The molecule has 2 N–H and O–H groups in total. The average Bonchev–Trinajstić information content (AvgIpc) is 2.80. The minimum Gasteiger partial charge on any atom is -0.466 e. The average molecular weight is 409 g/mol. The second-order valence-electron chi connectivity index (χ2n) is 7.49. The summed E-state index contributed by atoms with van der Waals surface area (Å²) in [5.74, 6) is -0.593. The fraction of sp³-hybridized carbons (Fsp3) is 0.0800. The molecule has 2 amide bonds. The van der Waals surface area contributed by atoms with Crippen molar-refractivity contribution in [3.63, 3.8) is 0 Å². The van der Waals surface area contributed by atoms with E-state index in [1.807, 2.05) is 42.5 Å². The second kappa shape index (κ2) is 7.25. The van der Waals surface area contributed by atoms with E-state index in [1.165, 1.54) is 6.92 Å². The molecule has 4 aromatic rings. The minimum absolute atomic E-state index is 0.458. The van der Waals surface area contributed by atoms with Crippen molar-refractivity contribution in [2.75, 3.05) is 10.6 Å². The lowest BCUT2D eigenvalue weighted by Gasteiger charge is -2.33. The van der Waals surface area contributed by atoms with Crippen LogP contribution in [-0.4, -0.2) is 22.4 Å². The molecule has 5 rings (SSSR count). The number of para-hydroxylation sites is 3. The van der Waals surface area contributed by atoms with Crippen LogP contribution in [0.1, 0.15) is 6.92 Å². The number of nitrogens with one attached hydrogen (secondary N) is 2. The van der Waals surface area contributed by atoms with Crippen molar-refractivity contribution in [3.05, 3.63) is 85.1 Å². The van der Waals surface area contributed by atoms with Gasteiger partial charge < -0.3 is 15.4 Å². The van der Waals surface area contributed by atoms with Gasteiger partial charge in [0.2, 0.25) is 0 Å². The zero-order valence-electron chi connectivity index (χ0n) is 16.8. The summed E-state index contributed by atoms with van der Waals surface area (Å²) in [6.45, 7) is 1.46. The van der Waals surface area contributed by atoms with Crippen molar-refractivity contribution in [1.29, 1.82) is 0 Å². The Hall–Kier alpha value is -4.19. The second-order valence-corrected chi connectivity index (χ2v) is 7.49. The zero-order valence-corrected chi connectivity index (χ0v) is 16.8. The van der Waals surface area contributed by atoms with E-state index in [0.717, 1.165) is 22.0 Å². The summed E-state index contributed by atoms with van der Waals surface area (Å²) in [5.41, 5.74) is 2.43. The standard InChI is InChI=1S/C25H19N3O3/c1-25(24(30)28-21-8-4-5-9-22(21)31-25)23(29)27-17-12-10-16(11-13-17)18-14-15-26-20-7-3-2-6-19(18)20/h2-15H,1H3,(H,27,29)(H,28,30). The highest BCUT2D eigenvalue weighted by Crippen LogP contribution is 2.34. The van der Waals surface area contributed by atoms with E-state index in [2.05, 4.69) is 15.6 Å². The molecule has 1 atom stereocenters. The quantitative estimate of drug-likeness (QED) is 0.484. The molecule has 2 heterocycles. The van der Waals surface area contributed by atoms with Crippen LogP contribution in [0, 0.1) is 0 Å². The zero-order chi connectivity index (χ0) is 21.4. The van der Waals surface area contributed by atoms with E-state index in [9.17, 15) is 9.59 Å². The predicted molar refractivity (Wildman–Crippen MR) is 120 cm³/mol. The normalized spacial score (nSPS) is 17.4. The molecule has 1 aliphatic heterocycles. The molecule has 152 valence electrons. The van der Waals surface area contributed by atoms with E-state index in [4.69, 9.17) is 4.74 Å². The molecule has 31 heavy (non-hydrogen) atoms. The lowest BCUT2D eigenvalue weighted by Crippen LogP contribution is -2.56. The van der Waals surface area contributed by atoms with Gasteiger partial charge in [-0.05, 0) is 54.4 Å². The van der Waals surface area contributed by atoms with Crippen molar-refractivity contribution in [2.45, 2.75) is 12.5 Å². The Morgan fingerprint density at radius 3 is 2.55 bits per heavy atom. The molecular weight excluding hydrogens is 390 g/mol. The number of pyridine rings is 1. The first-order chi connectivity index (χ1) is 15.0. The number of nitrogens with zero attached hydrogens (tertiary/aromatic N) is 1. The van der Waals surface area contributed by atoms with Gasteiger partial charge in [-0.15, -0.1) is 0 Å². The molecular formula is C25H19N3O3. The molecule has 6 nitrogen and oxygen atoms in total. The van der Waals surface area contributed by atoms with Gasteiger partial charge in [0.1, 0.15) is 5.75 Å². The third-order valence-electron chi connectivity index (χ3n) is 5.42. The molecule has 0 saturated heterocycles. The van der Waals surface area contributed by atoms with E-state index in [-0.39, 0.29) is 0 Å². The van der Waals surface area contributed by atoms with Gasteiger partial charge in [-0.2, -0.15) is 0 Å². The molecule has 0 bridgehead atoms. The first-order valence-electron chi connectivity index (χ1n) is 9.90. The Morgan fingerprint density at radius 2 is 1.71 bits per heavy atom. The molecule has 0 fully saturated rings. The Kier molecular flexibility index (Phi) is 4.40. The highest BCUT2D eigenvalue weighted by molar-refractivity contribution is 6.19. The number of amides is 2. The number of rotatable bonds is 3. The molecule has 1 unspecified atom stereocenters. The predicted octanol–water partition coefficient (Wildman–Crippen LogP) is 4.63. The summed E-state index contributed by atoms with van der Waals surface area (Å²) >= 11 is 0. The van der Waals surface area contributed by atoms with Crippen molar-refractivity contribution in [3.8, 4) is 16.9 Å². The number of hydrogen-bond donors (Lipinski definition) is 2. The van der Waals surface area contributed by atoms with Crippen LogP contribution in [0.5, 0.6) is 5.75 Å². The highest BCUT2D eigenvalue weighted by Gasteiger charge is 2.47. The van der Waals surface area contributed by atoms with Crippen LogP contribution in [0.15, 0.2) is 85.1 Å². The number of carbonyl (C=O) groups excluding carboxylic acids is 2. The van der Waals surface area contributed by atoms with Crippen LogP contribution in [-0.2, 0) is 9.59 Å². The van der Waals surface area contributed by atoms with Crippen LogP contribution in [0.25, 0.3) is 22.0 Å². The van der Waals surface area contributed by atoms with Crippen molar-refractivity contribution in [2.24, 2.45) is 0 Å². The summed E-state index contributed by atoms with van der Waals surface area (Å²) in [5, 5.41) is 6.58. The molecule has 0 saturated carbocycles. The first kappa shape index (κ1) is 18.8. The van der Waals surface area contributed by atoms with E-state index >= 15 is 0 Å². The smallest absolute Gasteiger partial charge is 0.278 e. The third kappa shape index (κ3) is 3.28. The minimum atomic E-state index is -1.67. The van der Waals surface area contributed by atoms with Gasteiger partial charge in [0.25, 0.3) is 17.4 Å². The molecule has 0 aliphatic carbocycles. The maximum atomic E-state index is 12.9. The van der Waals surface area contributed by atoms with Crippen LogP contribution in [0.3, 0.4) is 0 Å². The third-order valence-corrected chi connectivity index (χ3v) is 5.42. The number of fused-ring (bicyclic) bond motifs is 2. The Bertz CT molecular complexity index is 1310. The summed E-state index contributed by atoms with van der Waals surface area (Å²) in [7, 11) is 0. The van der Waals surface area contributed by atoms with Gasteiger partial charge in [0.15, 0.2) is 0 Å². The van der Waals surface area contributed by atoms with Crippen molar-refractivity contribution >= 4 is 34.1 Å². The summed E-state index contributed by atoms with van der Waals surface area (Å²) in [6.07, 6.45) is 1.78.